The van der Waals surface area contributed by atoms with E-state index in [1.54, 1.807) is 13.8 Å². The fourth-order valence-electron chi connectivity index (χ4n) is 2.06. The average Bonchev–Trinajstić information content (AvgIpc) is 2.48. The maximum atomic E-state index is 11.6. The van der Waals surface area contributed by atoms with Gasteiger partial charge in [0.15, 0.2) is 5.11 Å². The summed E-state index contributed by atoms with van der Waals surface area (Å²) in [7, 11) is 1.23. The Kier molecular flexibility index (Phi) is 6.64. The fraction of sp³-hybridized carbons (Fsp3) is 0.643. The summed E-state index contributed by atoms with van der Waals surface area (Å²) in [6.45, 7) is 4.12. The van der Waals surface area contributed by atoms with Gasteiger partial charge in [-0.3, -0.25) is 9.59 Å². The van der Waals surface area contributed by atoms with Gasteiger partial charge in [0.25, 0.3) is 0 Å². The first-order valence-corrected chi connectivity index (χ1v) is 7.45. The molecule has 2 unspecified atom stereocenters. The van der Waals surface area contributed by atoms with Crippen molar-refractivity contribution in [3.63, 3.8) is 0 Å². The van der Waals surface area contributed by atoms with Crippen LogP contribution in [0.3, 0.4) is 0 Å². The lowest BCUT2D eigenvalue weighted by Gasteiger charge is -2.28. The Bertz CT molecular complexity index is 573. The predicted molar refractivity (Wildman–Crippen MR) is 86.9 cm³/mol. The summed E-state index contributed by atoms with van der Waals surface area (Å²) in [5, 5.41) is 12.1. The quantitative estimate of drug-likeness (QED) is 0.522. The summed E-state index contributed by atoms with van der Waals surface area (Å²) in [5.41, 5.74) is -0.703. The van der Waals surface area contributed by atoms with E-state index in [9.17, 15) is 19.5 Å². The minimum Gasteiger partial charge on any atom is -0.481 e. The van der Waals surface area contributed by atoms with Crippen LogP contribution in [0.25, 0.3) is 0 Å². The van der Waals surface area contributed by atoms with Crippen LogP contribution in [0.5, 0.6) is 0 Å². The van der Waals surface area contributed by atoms with Gasteiger partial charge in [-0.1, -0.05) is 0 Å². The van der Waals surface area contributed by atoms with Crippen molar-refractivity contribution in [1.29, 1.82) is 0 Å². The number of hydrogen-bond acceptors (Lipinski definition) is 7. The Balaban J connectivity index is 2.57. The lowest BCUT2D eigenvalue weighted by atomic mass is 9.94. The van der Waals surface area contributed by atoms with Crippen LogP contribution in [0.15, 0.2) is 4.99 Å². The van der Waals surface area contributed by atoms with Crippen LogP contribution in [0.1, 0.15) is 20.8 Å². The molecular weight excluding hydrogens is 340 g/mol. The molecule has 9 nitrogen and oxygen atoms in total. The molecule has 0 fully saturated rings. The van der Waals surface area contributed by atoms with Gasteiger partial charge in [-0.2, -0.15) is 0 Å². The minimum atomic E-state index is -1.11. The van der Waals surface area contributed by atoms with E-state index in [-0.39, 0.29) is 18.3 Å². The molecule has 2 atom stereocenters. The van der Waals surface area contributed by atoms with E-state index < -0.39 is 35.5 Å². The molecule has 0 aromatic heterocycles. The number of rotatable bonds is 6. The van der Waals surface area contributed by atoms with Gasteiger partial charge in [0.2, 0.25) is 0 Å². The molecule has 1 rings (SSSR count). The molecular formula is C14H20N2O7S. The molecule has 0 aliphatic carbocycles. The topological polar surface area (TPSA) is 124 Å². The van der Waals surface area contributed by atoms with Crippen LogP contribution in [0, 0.1) is 11.3 Å². The Morgan fingerprint density at radius 3 is 2.50 bits per heavy atom. The average molecular weight is 360 g/mol. The molecule has 0 saturated heterocycles. The third-order valence-electron chi connectivity index (χ3n) is 3.37. The number of nitrogens with zero attached hydrogens (tertiary/aromatic N) is 1. The molecule has 134 valence electrons. The second-order valence-corrected chi connectivity index (χ2v) is 6.24. The van der Waals surface area contributed by atoms with E-state index in [0.717, 1.165) is 0 Å². The van der Waals surface area contributed by atoms with E-state index in [2.05, 4.69) is 15.0 Å². The largest absolute Gasteiger partial charge is 0.508 e. The number of methoxy groups -OCH3 is 1. The molecule has 0 bridgehead atoms. The summed E-state index contributed by atoms with van der Waals surface area (Å²) in [5.74, 6) is -2.62. The van der Waals surface area contributed by atoms with E-state index in [1.165, 1.54) is 14.0 Å². The number of ether oxygens (including phenoxy) is 3. The van der Waals surface area contributed by atoms with E-state index in [1.807, 2.05) is 0 Å². The molecule has 1 aliphatic heterocycles. The van der Waals surface area contributed by atoms with Crippen LogP contribution in [0.2, 0.25) is 0 Å². The number of carboxylic acids is 1. The maximum absolute atomic E-state index is 11.6. The normalized spacial score (nSPS) is 20.5. The summed E-state index contributed by atoms with van der Waals surface area (Å²) < 4.78 is 14.4. The third-order valence-corrected chi connectivity index (χ3v) is 3.58. The standard InChI is InChI=1S/C14H20N2O7S/c1-7-9(10(17)18)8(16-12(24)15-7)5-22-13(20)23-6-14(2,3)11(19)21-4/h8-9H,5-6H2,1-4H3,(H,16,24)(H,17,18). The molecule has 0 radical (unpaired) electrons. The molecule has 10 heteroatoms. The zero-order chi connectivity index (χ0) is 18.5. The lowest BCUT2D eigenvalue weighted by Crippen LogP contribution is -2.52. The molecule has 2 N–H and O–H groups in total. The molecule has 1 aliphatic rings. The zero-order valence-electron chi connectivity index (χ0n) is 13.8. The second kappa shape index (κ2) is 8.04. The molecule has 1 heterocycles. The van der Waals surface area contributed by atoms with Crippen molar-refractivity contribution in [2.45, 2.75) is 26.8 Å². The van der Waals surface area contributed by atoms with Gasteiger partial charge in [-0.05, 0) is 33.0 Å². The Labute approximate surface area is 144 Å². The van der Waals surface area contributed by atoms with E-state index in [4.69, 9.17) is 21.7 Å². The van der Waals surface area contributed by atoms with Crippen LogP contribution >= 0.6 is 12.2 Å². The van der Waals surface area contributed by atoms with Crippen molar-refractivity contribution in [3.05, 3.63) is 0 Å². The SMILES string of the molecule is COC(=O)C(C)(C)COC(=O)OCC1NC(=S)N=C(C)C1C(=O)O. The van der Waals surface area contributed by atoms with E-state index in [0.29, 0.717) is 5.71 Å². The molecule has 0 spiro atoms. The Morgan fingerprint density at radius 1 is 1.33 bits per heavy atom. The van der Waals surface area contributed by atoms with Gasteiger partial charge in [-0.25, -0.2) is 9.79 Å². The Morgan fingerprint density at radius 2 is 1.96 bits per heavy atom. The number of carboxylic acid groups (broad SMARTS) is 1. The van der Waals surface area contributed by atoms with Crippen LogP contribution in [-0.4, -0.2) is 60.4 Å². The second-order valence-electron chi connectivity index (χ2n) is 5.85. The summed E-state index contributed by atoms with van der Waals surface area (Å²) >= 11 is 4.91. The molecule has 24 heavy (non-hydrogen) atoms. The number of esters is 1. The first-order chi connectivity index (χ1) is 11.1. The molecule has 0 amide bonds. The van der Waals surface area contributed by atoms with Gasteiger partial charge < -0.3 is 24.6 Å². The van der Waals surface area contributed by atoms with Gasteiger partial charge in [0, 0.05) is 5.71 Å². The number of aliphatic imine (C=N–C) groups is 1. The van der Waals surface area contributed by atoms with Crippen LogP contribution in [-0.2, 0) is 23.8 Å². The number of carbonyl (C=O) groups is 3. The minimum absolute atomic E-state index is 0.124. The van der Waals surface area contributed by atoms with Crippen molar-refractivity contribution >= 4 is 41.1 Å². The number of carbonyl (C=O) groups excluding carboxylic acids is 2. The van der Waals surface area contributed by atoms with Crippen molar-refractivity contribution in [2.75, 3.05) is 20.3 Å². The first kappa shape index (κ1) is 19.8. The smallest absolute Gasteiger partial charge is 0.481 e. The summed E-state index contributed by atoms with van der Waals surface area (Å²) in [6.07, 6.45) is -1.02. The van der Waals surface area contributed by atoms with Crippen LogP contribution < -0.4 is 5.32 Å². The first-order valence-electron chi connectivity index (χ1n) is 7.05. The number of hydrogen-bond donors (Lipinski definition) is 2. The van der Waals surface area contributed by atoms with Crippen molar-refractivity contribution in [2.24, 2.45) is 16.3 Å². The van der Waals surface area contributed by atoms with Crippen molar-refractivity contribution in [1.82, 2.24) is 5.32 Å². The zero-order valence-corrected chi connectivity index (χ0v) is 14.6. The van der Waals surface area contributed by atoms with Crippen molar-refractivity contribution < 1.29 is 33.7 Å². The maximum Gasteiger partial charge on any atom is 0.508 e. The molecule has 0 aromatic rings. The highest BCUT2D eigenvalue weighted by molar-refractivity contribution is 7.80. The van der Waals surface area contributed by atoms with Gasteiger partial charge in [0.1, 0.15) is 19.1 Å². The van der Waals surface area contributed by atoms with E-state index >= 15 is 0 Å². The number of nitrogens with one attached hydrogen (secondary N) is 1. The monoisotopic (exact) mass is 360 g/mol. The lowest BCUT2D eigenvalue weighted by molar-refractivity contribution is -0.153. The predicted octanol–water partition coefficient (Wildman–Crippen LogP) is 0.757. The van der Waals surface area contributed by atoms with Gasteiger partial charge in [0.05, 0.1) is 18.6 Å². The molecule has 0 saturated carbocycles. The third kappa shape index (κ3) is 5.15. The van der Waals surface area contributed by atoms with Gasteiger partial charge >= 0.3 is 18.1 Å². The van der Waals surface area contributed by atoms with Crippen LogP contribution in [0.4, 0.5) is 4.79 Å². The molecule has 0 aromatic carbocycles. The summed E-state index contributed by atoms with van der Waals surface area (Å²) in [4.78, 5) is 38.3. The highest BCUT2D eigenvalue weighted by atomic mass is 32.1. The highest BCUT2D eigenvalue weighted by Gasteiger charge is 2.36. The summed E-state index contributed by atoms with van der Waals surface area (Å²) in [6, 6.07) is -0.756. The number of aliphatic carboxylic acids is 1. The van der Waals surface area contributed by atoms with Crippen molar-refractivity contribution in [3.8, 4) is 0 Å². The highest BCUT2D eigenvalue weighted by Crippen LogP contribution is 2.18. The number of thiocarbonyl (C=S) groups is 1. The fourth-order valence-corrected chi connectivity index (χ4v) is 2.35. The Hall–Kier alpha value is -2.23. The van der Waals surface area contributed by atoms with Gasteiger partial charge in [-0.15, -0.1) is 0 Å².